The maximum atomic E-state index is 10.6. The number of non-ortho nitro benzene ring substituents is 1. The zero-order valence-corrected chi connectivity index (χ0v) is 9.56. The number of hydrogen-bond acceptors (Lipinski definition) is 3. The molecule has 1 aromatic carbocycles. The molecule has 4 heteroatoms. The highest BCUT2D eigenvalue weighted by molar-refractivity contribution is 5.56. The van der Waals surface area contributed by atoms with E-state index in [-0.39, 0.29) is 10.6 Å². The van der Waals surface area contributed by atoms with Crippen molar-refractivity contribution in [2.75, 3.05) is 5.32 Å². The Labute approximate surface area is 94.8 Å². The molecule has 4 nitrogen and oxygen atoms in total. The Morgan fingerprint density at radius 2 is 2.19 bits per heavy atom. The summed E-state index contributed by atoms with van der Waals surface area (Å²) < 4.78 is 0. The van der Waals surface area contributed by atoms with Crippen molar-refractivity contribution in [3.63, 3.8) is 0 Å². The average molecular weight is 220 g/mol. The maximum absolute atomic E-state index is 10.6. The third kappa shape index (κ3) is 2.32. The summed E-state index contributed by atoms with van der Waals surface area (Å²) in [6.07, 6.45) is 2.58. The summed E-state index contributed by atoms with van der Waals surface area (Å²) in [5.74, 6) is 0.773. The van der Waals surface area contributed by atoms with Crippen LogP contribution in [-0.2, 0) is 0 Å². The molecule has 0 heterocycles. The number of anilines is 1. The van der Waals surface area contributed by atoms with Gasteiger partial charge in [-0.15, -0.1) is 0 Å². The highest BCUT2D eigenvalue weighted by Gasteiger charge is 2.28. The summed E-state index contributed by atoms with van der Waals surface area (Å²) >= 11 is 0. The van der Waals surface area contributed by atoms with E-state index in [9.17, 15) is 10.1 Å². The Morgan fingerprint density at radius 1 is 1.50 bits per heavy atom. The van der Waals surface area contributed by atoms with Gasteiger partial charge in [0.1, 0.15) is 0 Å². The molecule has 16 heavy (non-hydrogen) atoms. The topological polar surface area (TPSA) is 55.2 Å². The van der Waals surface area contributed by atoms with Gasteiger partial charge in [-0.05, 0) is 44.2 Å². The van der Waals surface area contributed by atoms with Crippen LogP contribution < -0.4 is 5.32 Å². The Hall–Kier alpha value is -1.58. The van der Waals surface area contributed by atoms with Crippen molar-refractivity contribution < 1.29 is 4.92 Å². The number of nitrogens with one attached hydrogen (secondary N) is 1. The molecule has 0 aromatic heterocycles. The van der Waals surface area contributed by atoms with Crippen LogP contribution in [0.4, 0.5) is 11.4 Å². The zero-order chi connectivity index (χ0) is 11.7. The zero-order valence-electron chi connectivity index (χ0n) is 9.56. The van der Waals surface area contributed by atoms with Crippen LogP contribution in [0.5, 0.6) is 0 Å². The summed E-state index contributed by atoms with van der Waals surface area (Å²) in [5, 5.41) is 14.0. The Balaban J connectivity index is 2.12. The van der Waals surface area contributed by atoms with Crippen molar-refractivity contribution in [3.05, 3.63) is 33.9 Å². The first kappa shape index (κ1) is 10.9. The number of rotatable bonds is 4. The maximum Gasteiger partial charge on any atom is 0.269 e. The van der Waals surface area contributed by atoms with Crippen LogP contribution in [-0.4, -0.2) is 11.0 Å². The van der Waals surface area contributed by atoms with Crippen molar-refractivity contribution in [3.8, 4) is 0 Å². The van der Waals surface area contributed by atoms with Gasteiger partial charge in [-0.3, -0.25) is 10.1 Å². The Morgan fingerprint density at radius 3 is 2.69 bits per heavy atom. The lowest BCUT2D eigenvalue weighted by molar-refractivity contribution is -0.384. The molecular formula is C12H16N2O2. The van der Waals surface area contributed by atoms with Gasteiger partial charge >= 0.3 is 0 Å². The number of aryl methyl sites for hydroxylation is 1. The number of nitrogens with zero attached hydrogens (tertiary/aromatic N) is 1. The summed E-state index contributed by atoms with van der Waals surface area (Å²) in [6, 6.07) is 5.42. The molecule has 1 unspecified atom stereocenters. The summed E-state index contributed by atoms with van der Waals surface area (Å²) in [6.45, 7) is 4.06. The van der Waals surface area contributed by atoms with Crippen LogP contribution in [0.3, 0.4) is 0 Å². The van der Waals surface area contributed by atoms with Gasteiger partial charge in [0, 0.05) is 23.9 Å². The number of nitro groups is 1. The lowest BCUT2D eigenvalue weighted by Crippen LogP contribution is -2.17. The van der Waals surface area contributed by atoms with Crippen molar-refractivity contribution in [2.24, 2.45) is 5.92 Å². The minimum Gasteiger partial charge on any atom is -0.382 e. The van der Waals surface area contributed by atoms with Crippen LogP contribution >= 0.6 is 0 Å². The highest BCUT2D eigenvalue weighted by atomic mass is 16.6. The van der Waals surface area contributed by atoms with E-state index in [4.69, 9.17) is 0 Å². The average Bonchev–Trinajstić information content (AvgIpc) is 3.03. The van der Waals surface area contributed by atoms with Gasteiger partial charge in [-0.2, -0.15) is 0 Å². The Kier molecular flexibility index (Phi) is 2.81. The van der Waals surface area contributed by atoms with Crippen LogP contribution in [0.25, 0.3) is 0 Å². The monoisotopic (exact) mass is 220 g/mol. The molecule has 0 radical (unpaired) electrons. The first-order valence-corrected chi connectivity index (χ1v) is 5.59. The lowest BCUT2D eigenvalue weighted by atomic mass is 10.1. The van der Waals surface area contributed by atoms with Crippen LogP contribution in [0.1, 0.15) is 25.3 Å². The van der Waals surface area contributed by atoms with E-state index in [2.05, 4.69) is 12.2 Å². The van der Waals surface area contributed by atoms with Crippen LogP contribution in [0.15, 0.2) is 18.2 Å². The molecule has 1 aromatic rings. The SMILES string of the molecule is Cc1cc([N+](=O)[O-])ccc1NC(C)C1CC1. The molecule has 1 aliphatic rings. The second-order valence-electron chi connectivity index (χ2n) is 4.53. The smallest absolute Gasteiger partial charge is 0.269 e. The summed E-state index contributed by atoms with van der Waals surface area (Å²) in [5.41, 5.74) is 2.09. The van der Waals surface area contributed by atoms with Gasteiger partial charge in [0.2, 0.25) is 0 Å². The molecule has 1 aliphatic carbocycles. The number of hydrogen-bond donors (Lipinski definition) is 1. The fourth-order valence-corrected chi connectivity index (χ4v) is 1.88. The van der Waals surface area contributed by atoms with Gasteiger partial charge in [-0.25, -0.2) is 0 Å². The lowest BCUT2D eigenvalue weighted by Gasteiger charge is -2.16. The van der Waals surface area contributed by atoms with E-state index >= 15 is 0 Å². The molecule has 0 aliphatic heterocycles. The van der Waals surface area contributed by atoms with Gasteiger partial charge in [-0.1, -0.05) is 0 Å². The van der Waals surface area contributed by atoms with E-state index in [0.29, 0.717) is 6.04 Å². The molecule has 0 amide bonds. The molecule has 1 N–H and O–H groups in total. The van der Waals surface area contributed by atoms with Gasteiger partial charge in [0.05, 0.1) is 4.92 Å². The first-order chi connectivity index (χ1) is 7.58. The third-order valence-electron chi connectivity index (χ3n) is 3.13. The molecule has 0 bridgehead atoms. The molecular weight excluding hydrogens is 204 g/mol. The fourth-order valence-electron chi connectivity index (χ4n) is 1.88. The quantitative estimate of drug-likeness (QED) is 0.626. The van der Waals surface area contributed by atoms with E-state index < -0.39 is 0 Å². The van der Waals surface area contributed by atoms with Gasteiger partial charge in [0.25, 0.3) is 5.69 Å². The fraction of sp³-hybridized carbons (Fsp3) is 0.500. The van der Waals surface area contributed by atoms with Gasteiger partial charge < -0.3 is 5.32 Å². The predicted octanol–water partition coefficient (Wildman–Crippen LogP) is 3.11. The van der Waals surface area contributed by atoms with Crippen LogP contribution in [0.2, 0.25) is 0 Å². The van der Waals surface area contributed by atoms with Crippen molar-refractivity contribution in [1.82, 2.24) is 0 Å². The van der Waals surface area contributed by atoms with E-state index in [0.717, 1.165) is 17.2 Å². The molecule has 86 valence electrons. The standard InChI is InChI=1S/C12H16N2O2/c1-8-7-11(14(15)16)5-6-12(8)13-9(2)10-3-4-10/h5-7,9-10,13H,3-4H2,1-2H3. The molecule has 2 rings (SSSR count). The van der Waals surface area contributed by atoms with E-state index in [1.54, 1.807) is 18.2 Å². The minimum absolute atomic E-state index is 0.155. The second kappa shape index (κ2) is 4.12. The summed E-state index contributed by atoms with van der Waals surface area (Å²) in [4.78, 5) is 10.2. The molecule has 1 saturated carbocycles. The molecule has 0 spiro atoms. The highest BCUT2D eigenvalue weighted by Crippen LogP contribution is 2.34. The molecule has 0 saturated heterocycles. The van der Waals surface area contributed by atoms with Crippen LogP contribution in [0, 0.1) is 23.0 Å². The van der Waals surface area contributed by atoms with Gasteiger partial charge in [0.15, 0.2) is 0 Å². The number of benzene rings is 1. The van der Waals surface area contributed by atoms with Crippen molar-refractivity contribution >= 4 is 11.4 Å². The molecule has 1 atom stereocenters. The van der Waals surface area contributed by atoms with Crippen molar-refractivity contribution in [1.29, 1.82) is 0 Å². The largest absolute Gasteiger partial charge is 0.382 e. The molecule has 1 fully saturated rings. The second-order valence-corrected chi connectivity index (χ2v) is 4.53. The minimum atomic E-state index is -0.360. The normalized spacial score (nSPS) is 16.9. The van der Waals surface area contributed by atoms with E-state index in [1.165, 1.54) is 12.8 Å². The van der Waals surface area contributed by atoms with E-state index in [1.807, 2.05) is 6.92 Å². The van der Waals surface area contributed by atoms with Crippen molar-refractivity contribution in [2.45, 2.75) is 32.7 Å². The first-order valence-electron chi connectivity index (χ1n) is 5.59. The Bertz CT molecular complexity index is 413. The predicted molar refractivity (Wildman–Crippen MR) is 63.6 cm³/mol. The summed E-state index contributed by atoms with van der Waals surface area (Å²) in [7, 11) is 0. The third-order valence-corrected chi connectivity index (χ3v) is 3.13. The number of nitro benzene ring substituents is 1.